The molecule has 1 heterocycles. The van der Waals surface area contributed by atoms with Gasteiger partial charge in [0.25, 0.3) is 0 Å². The monoisotopic (exact) mass is 219 g/mol. The second-order valence-corrected chi connectivity index (χ2v) is 4.26. The Kier molecular flexibility index (Phi) is 3.39. The third-order valence-corrected chi connectivity index (χ3v) is 2.99. The first-order valence-corrected chi connectivity index (χ1v) is 5.69. The van der Waals surface area contributed by atoms with Gasteiger partial charge in [-0.3, -0.25) is 5.41 Å². The van der Waals surface area contributed by atoms with Crippen molar-refractivity contribution in [3.8, 4) is 5.88 Å². The molecule has 3 N–H and O–H groups in total. The zero-order chi connectivity index (χ0) is 11.4. The minimum absolute atomic E-state index is 0.0492. The molecule has 0 bridgehead atoms. The predicted molar refractivity (Wildman–Crippen MR) is 62.7 cm³/mol. The van der Waals surface area contributed by atoms with Crippen molar-refractivity contribution in [3.63, 3.8) is 0 Å². The van der Waals surface area contributed by atoms with Crippen LogP contribution in [-0.2, 0) is 0 Å². The standard InChI is InChI=1S/C12H17N3O/c13-12(14)10-5-6-15-11(7-10)16-8-9-3-1-2-4-9/h5-7,9H,1-4,8H2,(H3,13,14). The average molecular weight is 219 g/mol. The van der Waals surface area contributed by atoms with Gasteiger partial charge in [0.15, 0.2) is 0 Å². The summed E-state index contributed by atoms with van der Waals surface area (Å²) in [5.41, 5.74) is 6.06. The molecule has 0 atom stereocenters. The van der Waals surface area contributed by atoms with E-state index in [1.54, 1.807) is 18.3 Å². The number of nitrogen functional groups attached to an aromatic ring is 1. The first-order chi connectivity index (χ1) is 7.75. The van der Waals surface area contributed by atoms with E-state index in [1.807, 2.05) is 0 Å². The normalized spacial score (nSPS) is 16.2. The highest BCUT2D eigenvalue weighted by molar-refractivity contribution is 5.95. The fourth-order valence-corrected chi connectivity index (χ4v) is 2.04. The first-order valence-electron chi connectivity index (χ1n) is 5.69. The molecule has 4 heteroatoms. The molecular weight excluding hydrogens is 202 g/mol. The first kappa shape index (κ1) is 10.9. The number of hydrogen-bond donors (Lipinski definition) is 2. The Hall–Kier alpha value is -1.58. The van der Waals surface area contributed by atoms with Crippen LogP contribution in [0.1, 0.15) is 31.2 Å². The summed E-state index contributed by atoms with van der Waals surface area (Å²) < 4.78 is 5.62. The van der Waals surface area contributed by atoms with Gasteiger partial charge < -0.3 is 10.5 Å². The fourth-order valence-electron chi connectivity index (χ4n) is 2.04. The highest BCUT2D eigenvalue weighted by atomic mass is 16.5. The van der Waals surface area contributed by atoms with Gasteiger partial charge in [-0.1, -0.05) is 12.8 Å². The molecule has 0 radical (unpaired) electrons. The molecule has 0 spiro atoms. The van der Waals surface area contributed by atoms with E-state index in [-0.39, 0.29) is 5.84 Å². The number of pyridine rings is 1. The Morgan fingerprint density at radius 2 is 2.25 bits per heavy atom. The maximum atomic E-state index is 7.33. The molecular formula is C12H17N3O. The molecule has 16 heavy (non-hydrogen) atoms. The molecule has 4 nitrogen and oxygen atoms in total. The quantitative estimate of drug-likeness (QED) is 0.600. The van der Waals surface area contributed by atoms with E-state index in [2.05, 4.69) is 4.98 Å². The van der Waals surface area contributed by atoms with E-state index in [9.17, 15) is 0 Å². The molecule has 1 aliphatic rings. The maximum Gasteiger partial charge on any atom is 0.213 e. The van der Waals surface area contributed by atoms with Crippen LogP contribution in [0.15, 0.2) is 18.3 Å². The van der Waals surface area contributed by atoms with Crippen LogP contribution in [-0.4, -0.2) is 17.4 Å². The molecule has 1 fully saturated rings. The van der Waals surface area contributed by atoms with Crippen molar-refractivity contribution in [3.05, 3.63) is 23.9 Å². The minimum atomic E-state index is 0.0492. The van der Waals surface area contributed by atoms with Crippen molar-refractivity contribution < 1.29 is 4.74 Å². The van der Waals surface area contributed by atoms with Gasteiger partial charge in [0.1, 0.15) is 5.84 Å². The van der Waals surface area contributed by atoms with Crippen LogP contribution in [0.3, 0.4) is 0 Å². The SMILES string of the molecule is N=C(N)c1ccnc(OCC2CCCC2)c1. The predicted octanol–water partition coefficient (Wildman–Crippen LogP) is 1.93. The van der Waals surface area contributed by atoms with Crippen LogP contribution in [0.4, 0.5) is 0 Å². The van der Waals surface area contributed by atoms with Gasteiger partial charge in [-0.2, -0.15) is 0 Å². The maximum absolute atomic E-state index is 7.33. The van der Waals surface area contributed by atoms with Crippen LogP contribution in [0.5, 0.6) is 5.88 Å². The lowest BCUT2D eigenvalue weighted by Gasteiger charge is -2.10. The van der Waals surface area contributed by atoms with Gasteiger partial charge in [-0.25, -0.2) is 4.98 Å². The van der Waals surface area contributed by atoms with Crippen molar-refractivity contribution in [2.75, 3.05) is 6.61 Å². The zero-order valence-corrected chi connectivity index (χ0v) is 9.28. The molecule has 1 aromatic rings. The second-order valence-electron chi connectivity index (χ2n) is 4.26. The smallest absolute Gasteiger partial charge is 0.213 e. The lowest BCUT2D eigenvalue weighted by molar-refractivity contribution is 0.243. The summed E-state index contributed by atoms with van der Waals surface area (Å²) in [5.74, 6) is 1.29. The van der Waals surface area contributed by atoms with Gasteiger partial charge >= 0.3 is 0 Å². The van der Waals surface area contributed by atoms with E-state index in [1.165, 1.54) is 25.7 Å². The molecule has 86 valence electrons. The van der Waals surface area contributed by atoms with Gasteiger partial charge in [0.05, 0.1) is 6.61 Å². The van der Waals surface area contributed by atoms with Crippen molar-refractivity contribution in [1.82, 2.24) is 4.98 Å². The molecule has 0 amide bonds. The molecule has 1 aromatic heterocycles. The summed E-state index contributed by atoms with van der Waals surface area (Å²) in [6.45, 7) is 0.731. The van der Waals surface area contributed by atoms with Gasteiger partial charge in [0.2, 0.25) is 5.88 Å². The second kappa shape index (κ2) is 4.96. The fraction of sp³-hybridized carbons (Fsp3) is 0.500. The summed E-state index contributed by atoms with van der Waals surface area (Å²) in [6.07, 6.45) is 6.77. The van der Waals surface area contributed by atoms with Crippen molar-refractivity contribution in [1.29, 1.82) is 5.41 Å². The topological polar surface area (TPSA) is 72.0 Å². The van der Waals surface area contributed by atoms with E-state index >= 15 is 0 Å². The number of ether oxygens (including phenoxy) is 1. The van der Waals surface area contributed by atoms with Crippen LogP contribution >= 0.6 is 0 Å². The molecule has 0 aliphatic heterocycles. The van der Waals surface area contributed by atoms with Gasteiger partial charge in [-0.15, -0.1) is 0 Å². The third kappa shape index (κ3) is 2.72. The number of amidine groups is 1. The molecule has 0 aromatic carbocycles. The summed E-state index contributed by atoms with van der Waals surface area (Å²) in [4.78, 5) is 4.11. The highest BCUT2D eigenvalue weighted by Crippen LogP contribution is 2.25. The van der Waals surface area contributed by atoms with Crippen LogP contribution in [0.25, 0.3) is 0 Å². The lowest BCUT2D eigenvalue weighted by Crippen LogP contribution is -2.13. The van der Waals surface area contributed by atoms with Crippen LogP contribution in [0, 0.1) is 11.3 Å². The minimum Gasteiger partial charge on any atom is -0.477 e. The summed E-state index contributed by atoms with van der Waals surface area (Å²) in [7, 11) is 0. The van der Waals surface area contributed by atoms with E-state index in [0.717, 1.165) is 6.61 Å². The van der Waals surface area contributed by atoms with E-state index < -0.39 is 0 Å². The molecule has 1 aliphatic carbocycles. The number of aromatic nitrogens is 1. The molecule has 1 saturated carbocycles. The molecule has 0 saturated heterocycles. The zero-order valence-electron chi connectivity index (χ0n) is 9.28. The summed E-state index contributed by atoms with van der Waals surface area (Å²) in [5, 5.41) is 7.33. The van der Waals surface area contributed by atoms with Crippen molar-refractivity contribution >= 4 is 5.84 Å². The number of nitrogens with one attached hydrogen (secondary N) is 1. The van der Waals surface area contributed by atoms with E-state index in [0.29, 0.717) is 17.4 Å². The Morgan fingerprint density at radius 1 is 1.50 bits per heavy atom. The number of rotatable bonds is 4. The van der Waals surface area contributed by atoms with Crippen LogP contribution < -0.4 is 10.5 Å². The number of hydrogen-bond acceptors (Lipinski definition) is 3. The third-order valence-electron chi connectivity index (χ3n) is 2.99. The average Bonchev–Trinajstić information content (AvgIpc) is 2.79. The Bertz CT molecular complexity index is 372. The molecule has 2 rings (SSSR count). The Labute approximate surface area is 95.3 Å². The summed E-state index contributed by atoms with van der Waals surface area (Å²) in [6, 6.07) is 3.43. The highest BCUT2D eigenvalue weighted by Gasteiger charge is 2.15. The van der Waals surface area contributed by atoms with Crippen molar-refractivity contribution in [2.45, 2.75) is 25.7 Å². The Morgan fingerprint density at radius 3 is 2.94 bits per heavy atom. The number of nitrogens with two attached hydrogens (primary N) is 1. The van der Waals surface area contributed by atoms with Crippen LogP contribution in [0.2, 0.25) is 0 Å². The molecule has 0 unspecified atom stereocenters. The van der Waals surface area contributed by atoms with Gasteiger partial charge in [0, 0.05) is 17.8 Å². The van der Waals surface area contributed by atoms with Gasteiger partial charge in [-0.05, 0) is 24.8 Å². The lowest BCUT2D eigenvalue weighted by atomic mass is 10.1. The summed E-state index contributed by atoms with van der Waals surface area (Å²) >= 11 is 0. The Balaban J connectivity index is 1.93. The van der Waals surface area contributed by atoms with E-state index in [4.69, 9.17) is 15.9 Å². The van der Waals surface area contributed by atoms with Crippen molar-refractivity contribution in [2.24, 2.45) is 11.7 Å². The number of nitrogens with zero attached hydrogens (tertiary/aromatic N) is 1. The largest absolute Gasteiger partial charge is 0.477 e.